The summed E-state index contributed by atoms with van der Waals surface area (Å²) in [6.07, 6.45) is 0. The van der Waals surface area contributed by atoms with Gasteiger partial charge < -0.3 is 15.1 Å². The van der Waals surface area contributed by atoms with Gasteiger partial charge in [-0.2, -0.15) is 0 Å². The Morgan fingerprint density at radius 2 is 1.65 bits per heavy atom. The largest absolute Gasteiger partial charge is 0.353 e. The van der Waals surface area contributed by atoms with Gasteiger partial charge in [-0.05, 0) is 42.5 Å². The summed E-state index contributed by atoms with van der Waals surface area (Å²) in [6, 6.07) is 17.8. The lowest BCUT2D eigenvalue weighted by Crippen LogP contribution is -2.50. The van der Waals surface area contributed by atoms with Gasteiger partial charge in [0.2, 0.25) is 0 Å². The molecule has 5 nitrogen and oxygen atoms in total. The fourth-order valence-electron chi connectivity index (χ4n) is 3.11. The molecular weight excluding hydrogens is 331 g/mol. The van der Waals surface area contributed by atoms with Crippen molar-refractivity contribution in [2.75, 3.05) is 36.4 Å². The number of hydrogen-bond donors (Lipinski definition) is 1. The second kappa shape index (κ2) is 7.00. The van der Waals surface area contributed by atoms with Gasteiger partial charge >= 0.3 is 6.03 Å². The Hall–Kier alpha value is -3.15. The number of hydrogen-bond acceptors (Lipinski definition) is 3. The van der Waals surface area contributed by atoms with Crippen molar-refractivity contribution >= 4 is 28.4 Å². The first-order valence-electron chi connectivity index (χ1n) is 8.61. The zero-order valence-electron chi connectivity index (χ0n) is 14.2. The summed E-state index contributed by atoms with van der Waals surface area (Å²) in [5, 5.41) is 3.92. The third-order valence-corrected chi connectivity index (χ3v) is 4.57. The highest BCUT2D eigenvalue weighted by atomic mass is 19.1. The second-order valence-electron chi connectivity index (χ2n) is 6.27. The van der Waals surface area contributed by atoms with Crippen LogP contribution in [0.15, 0.2) is 60.7 Å². The van der Waals surface area contributed by atoms with Gasteiger partial charge in [0.15, 0.2) is 0 Å². The van der Waals surface area contributed by atoms with Crippen molar-refractivity contribution in [3.63, 3.8) is 0 Å². The highest BCUT2D eigenvalue weighted by Gasteiger charge is 2.22. The summed E-state index contributed by atoms with van der Waals surface area (Å²) in [7, 11) is 0. The predicted molar refractivity (Wildman–Crippen MR) is 101 cm³/mol. The van der Waals surface area contributed by atoms with Crippen LogP contribution in [-0.4, -0.2) is 42.1 Å². The number of carbonyl (C=O) groups excluding carboxylic acids is 1. The normalized spacial score (nSPS) is 14.5. The van der Waals surface area contributed by atoms with Crippen LogP contribution in [-0.2, 0) is 0 Å². The number of para-hydroxylation sites is 1. The predicted octanol–water partition coefficient (Wildman–Crippen LogP) is 3.73. The number of carbonyl (C=O) groups is 1. The molecular formula is C20H19FN4O. The standard InChI is InChI=1S/C20H19FN4O/c21-16-6-8-17(9-7-16)22-20(26)25-13-11-24(12-14-25)19-10-5-15-3-1-2-4-18(15)23-19/h1-10H,11-14H2,(H,22,26). The molecule has 0 spiro atoms. The van der Waals surface area contributed by atoms with Crippen LogP contribution in [0.5, 0.6) is 0 Å². The van der Waals surface area contributed by atoms with Crippen LogP contribution in [0, 0.1) is 5.82 Å². The third kappa shape index (κ3) is 3.44. The number of nitrogens with zero attached hydrogens (tertiary/aromatic N) is 3. The number of fused-ring (bicyclic) bond motifs is 1. The van der Waals surface area contributed by atoms with E-state index in [-0.39, 0.29) is 11.8 Å². The molecule has 1 fully saturated rings. The van der Waals surface area contributed by atoms with Gasteiger partial charge in [0.05, 0.1) is 5.52 Å². The first kappa shape index (κ1) is 16.3. The number of pyridine rings is 1. The van der Waals surface area contributed by atoms with Crippen molar-refractivity contribution in [1.82, 2.24) is 9.88 Å². The molecule has 2 heterocycles. The molecule has 0 aliphatic carbocycles. The molecule has 0 saturated carbocycles. The van der Waals surface area contributed by atoms with E-state index in [9.17, 15) is 9.18 Å². The van der Waals surface area contributed by atoms with Crippen LogP contribution in [0.2, 0.25) is 0 Å². The molecule has 0 bridgehead atoms. The number of benzene rings is 2. The van der Waals surface area contributed by atoms with Gasteiger partial charge in [0.25, 0.3) is 0 Å². The van der Waals surface area contributed by atoms with E-state index in [0.717, 1.165) is 29.8 Å². The number of amides is 2. The summed E-state index contributed by atoms with van der Waals surface area (Å²) in [5.74, 6) is 0.613. The molecule has 6 heteroatoms. The Morgan fingerprint density at radius 3 is 2.42 bits per heavy atom. The van der Waals surface area contributed by atoms with Crippen LogP contribution in [0.25, 0.3) is 10.9 Å². The summed E-state index contributed by atoms with van der Waals surface area (Å²) < 4.78 is 12.9. The van der Waals surface area contributed by atoms with Gasteiger partial charge in [0, 0.05) is 37.3 Å². The Bertz CT molecular complexity index is 921. The van der Waals surface area contributed by atoms with E-state index >= 15 is 0 Å². The highest BCUT2D eigenvalue weighted by Crippen LogP contribution is 2.19. The molecule has 1 N–H and O–H groups in total. The number of nitrogens with one attached hydrogen (secondary N) is 1. The van der Waals surface area contributed by atoms with Crippen LogP contribution in [0.1, 0.15) is 0 Å². The maximum absolute atomic E-state index is 12.9. The van der Waals surface area contributed by atoms with E-state index in [1.54, 1.807) is 17.0 Å². The molecule has 4 rings (SSSR count). The second-order valence-corrected chi connectivity index (χ2v) is 6.27. The minimum atomic E-state index is -0.320. The first-order valence-corrected chi connectivity index (χ1v) is 8.61. The number of urea groups is 1. The molecule has 132 valence electrons. The number of piperazine rings is 1. The van der Waals surface area contributed by atoms with Crippen molar-refractivity contribution in [3.8, 4) is 0 Å². The van der Waals surface area contributed by atoms with E-state index in [1.807, 2.05) is 30.3 Å². The molecule has 1 aliphatic rings. The smallest absolute Gasteiger partial charge is 0.321 e. The lowest BCUT2D eigenvalue weighted by molar-refractivity contribution is 0.208. The maximum Gasteiger partial charge on any atom is 0.321 e. The zero-order chi connectivity index (χ0) is 17.9. The van der Waals surface area contributed by atoms with Gasteiger partial charge in [-0.25, -0.2) is 14.2 Å². The van der Waals surface area contributed by atoms with E-state index in [0.29, 0.717) is 18.8 Å². The summed E-state index contributed by atoms with van der Waals surface area (Å²) in [4.78, 5) is 21.0. The fraction of sp³-hybridized carbons (Fsp3) is 0.200. The topological polar surface area (TPSA) is 48.5 Å². The monoisotopic (exact) mass is 350 g/mol. The lowest BCUT2D eigenvalue weighted by atomic mass is 10.2. The number of rotatable bonds is 2. The minimum Gasteiger partial charge on any atom is -0.353 e. The Morgan fingerprint density at radius 1 is 0.923 bits per heavy atom. The van der Waals surface area contributed by atoms with Gasteiger partial charge in [-0.3, -0.25) is 0 Å². The summed E-state index contributed by atoms with van der Waals surface area (Å²) in [6.45, 7) is 2.67. The molecule has 2 amide bonds. The molecule has 1 aliphatic heterocycles. The maximum atomic E-state index is 12.9. The van der Waals surface area contributed by atoms with Crippen LogP contribution >= 0.6 is 0 Å². The fourth-order valence-corrected chi connectivity index (χ4v) is 3.11. The summed E-state index contributed by atoms with van der Waals surface area (Å²) >= 11 is 0. The number of halogens is 1. The minimum absolute atomic E-state index is 0.164. The first-order chi connectivity index (χ1) is 12.7. The molecule has 0 unspecified atom stereocenters. The van der Waals surface area contributed by atoms with Gasteiger partial charge in [0.1, 0.15) is 11.6 Å². The molecule has 0 atom stereocenters. The van der Waals surface area contributed by atoms with Crippen molar-refractivity contribution in [3.05, 3.63) is 66.5 Å². The Labute approximate surface area is 151 Å². The molecule has 0 radical (unpaired) electrons. The zero-order valence-corrected chi connectivity index (χ0v) is 14.2. The summed E-state index contributed by atoms with van der Waals surface area (Å²) in [5.41, 5.74) is 1.57. The van der Waals surface area contributed by atoms with Crippen molar-refractivity contribution in [2.24, 2.45) is 0 Å². The average Bonchev–Trinajstić information content (AvgIpc) is 2.69. The van der Waals surface area contributed by atoms with Crippen LogP contribution < -0.4 is 10.2 Å². The molecule has 3 aromatic rings. The SMILES string of the molecule is O=C(Nc1ccc(F)cc1)N1CCN(c2ccc3ccccc3n2)CC1. The lowest BCUT2D eigenvalue weighted by Gasteiger charge is -2.35. The molecule has 1 aromatic heterocycles. The van der Waals surface area contributed by atoms with Gasteiger partial charge in [-0.1, -0.05) is 18.2 Å². The molecule has 2 aromatic carbocycles. The van der Waals surface area contributed by atoms with Crippen LogP contribution in [0.3, 0.4) is 0 Å². The van der Waals surface area contributed by atoms with Crippen molar-refractivity contribution in [1.29, 1.82) is 0 Å². The third-order valence-electron chi connectivity index (χ3n) is 4.57. The molecule has 26 heavy (non-hydrogen) atoms. The van der Waals surface area contributed by atoms with Crippen molar-refractivity contribution < 1.29 is 9.18 Å². The highest BCUT2D eigenvalue weighted by molar-refractivity contribution is 5.89. The van der Waals surface area contributed by atoms with Gasteiger partial charge in [-0.15, -0.1) is 0 Å². The molecule has 1 saturated heterocycles. The average molecular weight is 350 g/mol. The number of aromatic nitrogens is 1. The van der Waals surface area contributed by atoms with E-state index in [1.165, 1.54) is 12.1 Å². The van der Waals surface area contributed by atoms with Crippen molar-refractivity contribution in [2.45, 2.75) is 0 Å². The quantitative estimate of drug-likeness (QED) is 0.766. The van der Waals surface area contributed by atoms with E-state index in [4.69, 9.17) is 4.98 Å². The van der Waals surface area contributed by atoms with E-state index in [2.05, 4.69) is 16.3 Å². The van der Waals surface area contributed by atoms with E-state index < -0.39 is 0 Å². The van der Waals surface area contributed by atoms with Crippen LogP contribution in [0.4, 0.5) is 20.7 Å². The Kier molecular flexibility index (Phi) is 4.39. The Balaban J connectivity index is 1.38. The number of anilines is 2.